The van der Waals surface area contributed by atoms with Crippen LogP contribution in [0.5, 0.6) is 0 Å². The first-order valence-corrected chi connectivity index (χ1v) is 9.03. The highest BCUT2D eigenvalue weighted by atomic mass is 32.2. The van der Waals surface area contributed by atoms with Crippen molar-refractivity contribution in [1.82, 2.24) is 0 Å². The molecule has 1 aliphatic rings. The number of Topliss-reactive ketones (excluding diaryl/α,β-unsaturated/α-hetero) is 1. The lowest BCUT2D eigenvalue weighted by atomic mass is 9.77. The van der Waals surface area contributed by atoms with E-state index in [4.69, 9.17) is 0 Å². The third-order valence-electron chi connectivity index (χ3n) is 3.86. The third kappa shape index (κ3) is 5.09. The molecule has 1 fully saturated rings. The summed E-state index contributed by atoms with van der Waals surface area (Å²) in [5, 5.41) is 0. The molecular formula is C14H26O3S. The van der Waals surface area contributed by atoms with Crippen molar-refractivity contribution in [3.8, 4) is 0 Å². The second-order valence-electron chi connectivity index (χ2n) is 5.53. The fourth-order valence-electron chi connectivity index (χ4n) is 2.89. The highest BCUT2D eigenvalue weighted by Gasteiger charge is 2.29. The summed E-state index contributed by atoms with van der Waals surface area (Å²) in [6.07, 6.45) is 6.11. The van der Waals surface area contributed by atoms with Gasteiger partial charge in [-0.15, -0.1) is 0 Å². The van der Waals surface area contributed by atoms with Crippen LogP contribution in [0.3, 0.4) is 0 Å². The van der Waals surface area contributed by atoms with E-state index in [0.29, 0.717) is 25.2 Å². The van der Waals surface area contributed by atoms with E-state index in [9.17, 15) is 13.2 Å². The smallest absolute Gasteiger partial charge is 0.150 e. The molecule has 0 aromatic carbocycles. The zero-order chi connectivity index (χ0) is 13.6. The summed E-state index contributed by atoms with van der Waals surface area (Å²) in [5.74, 6) is 1.37. The molecule has 18 heavy (non-hydrogen) atoms. The van der Waals surface area contributed by atoms with Gasteiger partial charge in [0.1, 0.15) is 15.6 Å². The Morgan fingerprint density at radius 3 is 2.44 bits per heavy atom. The van der Waals surface area contributed by atoms with E-state index in [-0.39, 0.29) is 23.2 Å². The molecule has 2 unspecified atom stereocenters. The van der Waals surface area contributed by atoms with Gasteiger partial charge in [-0.05, 0) is 31.6 Å². The monoisotopic (exact) mass is 274 g/mol. The molecule has 1 rings (SSSR count). The van der Waals surface area contributed by atoms with Crippen molar-refractivity contribution in [2.24, 2.45) is 11.8 Å². The zero-order valence-corrected chi connectivity index (χ0v) is 12.5. The Morgan fingerprint density at radius 2 is 1.83 bits per heavy atom. The number of sulfone groups is 1. The number of carbonyl (C=O) groups excluding carboxylic acids is 1. The van der Waals surface area contributed by atoms with E-state index in [1.165, 1.54) is 6.42 Å². The molecule has 1 aliphatic carbocycles. The Balaban J connectivity index is 2.46. The molecule has 0 aromatic rings. The molecule has 1 saturated carbocycles. The summed E-state index contributed by atoms with van der Waals surface area (Å²) in [6, 6.07) is 0. The SMILES string of the molecule is CCCC1CCC(=O)C(CCS(=O)(=O)CCC)C1. The van der Waals surface area contributed by atoms with Crippen molar-refractivity contribution < 1.29 is 13.2 Å². The molecule has 0 heterocycles. The largest absolute Gasteiger partial charge is 0.299 e. The molecule has 0 spiro atoms. The number of carbonyl (C=O) groups is 1. The molecular weight excluding hydrogens is 248 g/mol. The van der Waals surface area contributed by atoms with Gasteiger partial charge in [0, 0.05) is 18.1 Å². The van der Waals surface area contributed by atoms with Crippen molar-refractivity contribution in [2.75, 3.05) is 11.5 Å². The number of rotatable bonds is 7. The molecule has 0 N–H and O–H groups in total. The van der Waals surface area contributed by atoms with Crippen LogP contribution in [-0.2, 0) is 14.6 Å². The lowest BCUT2D eigenvalue weighted by Gasteiger charge is -2.27. The van der Waals surface area contributed by atoms with Gasteiger partial charge in [0.05, 0.1) is 5.75 Å². The second kappa shape index (κ2) is 7.27. The van der Waals surface area contributed by atoms with E-state index >= 15 is 0 Å². The first-order chi connectivity index (χ1) is 8.48. The van der Waals surface area contributed by atoms with Gasteiger partial charge in [-0.2, -0.15) is 0 Å². The van der Waals surface area contributed by atoms with Crippen molar-refractivity contribution in [3.05, 3.63) is 0 Å². The zero-order valence-electron chi connectivity index (χ0n) is 11.7. The van der Waals surface area contributed by atoms with Crippen LogP contribution in [-0.4, -0.2) is 25.7 Å². The van der Waals surface area contributed by atoms with Crippen LogP contribution in [0, 0.1) is 11.8 Å². The average molecular weight is 274 g/mol. The Labute approximate surface area is 111 Å². The van der Waals surface area contributed by atoms with Gasteiger partial charge in [-0.1, -0.05) is 26.7 Å². The van der Waals surface area contributed by atoms with Crippen molar-refractivity contribution in [1.29, 1.82) is 0 Å². The second-order valence-corrected chi connectivity index (χ2v) is 7.84. The Bertz CT molecular complexity index is 359. The van der Waals surface area contributed by atoms with Crippen LogP contribution in [0.15, 0.2) is 0 Å². The molecule has 2 atom stereocenters. The summed E-state index contributed by atoms with van der Waals surface area (Å²) in [6.45, 7) is 4.04. The summed E-state index contributed by atoms with van der Waals surface area (Å²) in [4.78, 5) is 11.8. The van der Waals surface area contributed by atoms with Gasteiger partial charge in [-0.25, -0.2) is 8.42 Å². The van der Waals surface area contributed by atoms with Crippen molar-refractivity contribution >= 4 is 15.6 Å². The van der Waals surface area contributed by atoms with Crippen molar-refractivity contribution in [3.63, 3.8) is 0 Å². The molecule has 0 saturated heterocycles. The summed E-state index contributed by atoms with van der Waals surface area (Å²) >= 11 is 0. The molecule has 0 aliphatic heterocycles. The van der Waals surface area contributed by atoms with E-state index in [1.807, 2.05) is 6.92 Å². The van der Waals surface area contributed by atoms with E-state index < -0.39 is 9.84 Å². The van der Waals surface area contributed by atoms with Crippen LogP contribution in [0.2, 0.25) is 0 Å². The summed E-state index contributed by atoms with van der Waals surface area (Å²) in [5.41, 5.74) is 0. The summed E-state index contributed by atoms with van der Waals surface area (Å²) < 4.78 is 23.4. The van der Waals surface area contributed by atoms with Crippen molar-refractivity contribution in [2.45, 2.75) is 58.8 Å². The quantitative estimate of drug-likeness (QED) is 0.717. The number of ketones is 1. The molecule has 3 nitrogen and oxygen atoms in total. The van der Waals surface area contributed by atoms with Crippen LogP contribution in [0.4, 0.5) is 0 Å². The average Bonchev–Trinajstić information content (AvgIpc) is 2.30. The highest BCUT2D eigenvalue weighted by Crippen LogP contribution is 2.31. The molecule has 0 aromatic heterocycles. The first-order valence-electron chi connectivity index (χ1n) is 7.21. The summed E-state index contributed by atoms with van der Waals surface area (Å²) in [7, 11) is -2.94. The minimum absolute atomic E-state index is 0.00179. The van der Waals surface area contributed by atoms with E-state index in [0.717, 1.165) is 19.3 Å². The fraction of sp³-hybridized carbons (Fsp3) is 0.929. The number of hydrogen-bond donors (Lipinski definition) is 0. The molecule has 0 amide bonds. The highest BCUT2D eigenvalue weighted by molar-refractivity contribution is 7.91. The van der Waals surface area contributed by atoms with Crippen LogP contribution < -0.4 is 0 Å². The first kappa shape index (κ1) is 15.7. The minimum atomic E-state index is -2.94. The maximum Gasteiger partial charge on any atom is 0.150 e. The molecule has 106 valence electrons. The van der Waals surface area contributed by atoms with Gasteiger partial charge < -0.3 is 0 Å². The van der Waals surface area contributed by atoms with Gasteiger partial charge >= 0.3 is 0 Å². The Kier molecular flexibility index (Phi) is 6.33. The van der Waals surface area contributed by atoms with Crippen LogP contribution in [0.1, 0.15) is 58.8 Å². The van der Waals surface area contributed by atoms with Gasteiger partial charge in [0.2, 0.25) is 0 Å². The van der Waals surface area contributed by atoms with E-state index in [1.54, 1.807) is 0 Å². The predicted molar refractivity (Wildman–Crippen MR) is 74.3 cm³/mol. The minimum Gasteiger partial charge on any atom is -0.299 e. The fourth-order valence-corrected chi connectivity index (χ4v) is 4.36. The maximum atomic E-state index is 11.8. The standard InChI is InChI=1S/C14H26O3S/c1-3-5-12-6-7-14(15)13(11-12)8-10-18(16,17)9-4-2/h12-13H,3-11H2,1-2H3. The molecule has 0 bridgehead atoms. The van der Waals surface area contributed by atoms with Crippen LogP contribution >= 0.6 is 0 Å². The third-order valence-corrected chi connectivity index (χ3v) is 5.75. The maximum absolute atomic E-state index is 11.8. The van der Waals surface area contributed by atoms with Gasteiger partial charge in [0.25, 0.3) is 0 Å². The van der Waals surface area contributed by atoms with Crippen LogP contribution in [0.25, 0.3) is 0 Å². The predicted octanol–water partition coefficient (Wildman–Crippen LogP) is 2.99. The lowest BCUT2D eigenvalue weighted by molar-refractivity contribution is -0.125. The number of hydrogen-bond acceptors (Lipinski definition) is 3. The van der Waals surface area contributed by atoms with E-state index in [2.05, 4.69) is 6.92 Å². The lowest BCUT2D eigenvalue weighted by Crippen LogP contribution is -2.27. The van der Waals surface area contributed by atoms with Gasteiger partial charge in [0.15, 0.2) is 0 Å². The molecule has 4 heteroatoms. The topological polar surface area (TPSA) is 51.2 Å². The Morgan fingerprint density at radius 1 is 1.11 bits per heavy atom. The normalized spacial score (nSPS) is 25.3. The van der Waals surface area contributed by atoms with Gasteiger partial charge in [-0.3, -0.25) is 4.79 Å². The Hall–Kier alpha value is -0.380. The molecule has 0 radical (unpaired) electrons.